The molecule has 0 N–H and O–H groups in total. The molecule has 0 spiro atoms. The summed E-state index contributed by atoms with van der Waals surface area (Å²) in [7, 11) is 0. The van der Waals surface area contributed by atoms with Gasteiger partial charge in [-0.15, -0.1) is 10.2 Å². The second kappa shape index (κ2) is 6.29. The zero-order valence-electron chi connectivity index (χ0n) is 12.8. The smallest absolute Gasteiger partial charge is 0.113 e. The Labute approximate surface area is 138 Å². The molecule has 24 heavy (non-hydrogen) atoms. The van der Waals surface area contributed by atoms with Crippen LogP contribution in [0.1, 0.15) is 0 Å². The summed E-state index contributed by atoms with van der Waals surface area (Å²) in [6, 6.07) is 19.8. The molecule has 0 atom stereocenters. The minimum Gasteiger partial charge on any atom is -0.157 e. The average Bonchev–Trinajstić information content (AvgIpc) is 3.31. The van der Waals surface area contributed by atoms with E-state index in [1.54, 1.807) is 24.8 Å². The average molecular weight is 314 g/mol. The third-order valence-electron chi connectivity index (χ3n) is 3.49. The van der Waals surface area contributed by atoms with Crippen molar-refractivity contribution in [2.75, 3.05) is 0 Å². The van der Waals surface area contributed by atoms with E-state index in [1.807, 2.05) is 60.7 Å². The molecule has 0 aliphatic heterocycles. The van der Waals surface area contributed by atoms with Crippen LogP contribution in [0.2, 0.25) is 0 Å². The van der Waals surface area contributed by atoms with E-state index in [4.69, 9.17) is 0 Å². The third-order valence-corrected chi connectivity index (χ3v) is 3.49. The van der Waals surface area contributed by atoms with Crippen molar-refractivity contribution < 1.29 is 0 Å². The van der Waals surface area contributed by atoms with E-state index in [0.717, 1.165) is 22.5 Å². The predicted molar refractivity (Wildman–Crippen MR) is 92.4 cm³/mol. The third kappa shape index (κ3) is 2.98. The van der Waals surface area contributed by atoms with Gasteiger partial charge in [0.05, 0.1) is 24.8 Å². The Morgan fingerprint density at radius 1 is 0.583 bits per heavy atom. The Hall–Kier alpha value is -3.54. The Morgan fingerprint density at radius 3 is 1.42 bits per heavy atom. The summed E-state index contributed by atoms with van der Waals surface area (Å²) < 4.78 is 0. The Morgan fingerprint density at radius 2 is 1.00 bits per heavy atom. The van der Waals surface area contributed by atoms with Crippen molar-refractivity contribution in [1.29, 1.82) is 0 Å². The fourth-order valence-corrected chi connectivity index (χ4v) is 2.30. The minimum atomic E-state index is 0.818. The second-order valence-electron chi connectivity index (χ2n) is 5.13. The quantitative estimate of drug-likeness (QED) is 0.580. The largest absolute Gasteiger partial charge is 0.157 e. The zero-order valence-corrected chi connectivity index (χ0v) is 12.8. The lowest BCUT2D eigenvalue weighted by atomic mass is 10.2. The van der Waals surface area contributed by atoms with Gasteiger partial charge in [-0.2, -0.15) is 19.8 Å². The van der Waals surface area contributed by atoms with Crippen molar-refractivity contribution in [2.45, 2.75) is 0 Å². The van der Waals surface area contributed by atoms with E-state index in [9.17, 15) is 0 Å². The van der Waals surface area contributed by atoms with Crippen molar-refractivity contribution in [3.05, 3.63) is 73.1 Å². The molecule has 2 aromatic heterocycles. The molecule has 4 aromatic rings. The standard InChI is InChI=1S/C18H14N6/c1-3-7-15(8-4-1)17-13-19-23(21-17)11-12-24-20-14-18(22-24)16-9-5-2-6-10-16/h1-14H. The summed E-state index contributed by atoms with van der Waals surface area (Å²) in [6.45, 7) is 0. The molecule has 6 nitrogen and oxygen atoms in total. The van der Waals surface area contributed by atoms with Gasteiger partial charge in [-0.25, -0.2) is 0 Å². The molecular weight excluding hydrogens is 300 g/mol. The maximum absolute atomic E-state index is 4.41. The van der Waals surface area contributed by atoms with Gasteiger partial charge in [0.15, 0.2) is 0 Å². The lowest BCUT2D eigenvalue weighted by molar-refractivity contribution is 0.772. The second-order valence-corrected chi connectivity index (χ2v) is 5.13. The lowest BCUT2D eigenvalue weighted by Gasteiger charge is -1.94. The lowest BCUT2D eigenvalue weighted by Crippen LogP contribution is -1.96. The van der Waals surface area contributed by atoms with Crippen LogP contribution in [0, 0.1) is 0 Å². The van der Waals surface area contributed by atoms with E-state index in [0.29, 0.717) is 0 Å². The van der Waals surface area contributed by atoms with Gasteiger partial charge in [0, 0.05) is 11.1 Å². The van der Waals surface area contributed by atoms with Crippen LogP contribution in [-0.4, -0.2) is 30.0 Å². The van der Waals surface area contributed by atoms with E-state index >= 15 is 0 Å². The van der Waals surface area contributed by atoms with Crippen LogP contribution >= 0.6 is 0 Å². The molecule has 2 aromatic carbocycles. The topological polar surface area (TPSA) is 61.4 Å². The van der Waals surface area contributed by atoms with Crippen LogP contribution in [0.5, 0.6) is 0 Å². The van der Waals surface area contributed by atoms with E-state index in [2.05, 4.69) is 20.4 Å². The zero-order chi connectivity index (χ0) is 16.2. The first-order valence-corrected chi connectivity index (χ1v) is 7.51. The number of benzene rings is 2. The van der Waals surface area contributed by atoms with Gasteiger partial charge in [0.25, 0.3) is 0 Å². The molecule has 0 aliphatic rings. The van der Waals surface area contributed by atoms with Crippen LogP contribution in [0.25, 0.3) is 34.9 Å². The molecule has 0 amide bonds. The monoisotopic (exact) mass is 314 g/mol. The number of aromatic nitrogens is 6. The van der Waals surface area contributed by atoms with Gasteiger partial charge in [-0.1, -0.05) is 60.7 Å². The number of nitrogens with zero attached hydrogens (tertiary/aromatic N) is 6. The van der Waals surface area contributed by atoms with E-state index < -0.39 is 0 Å². The molecule has 4 rings (SSSR count). The molecule has 0 fully saturated rings. The Kier molecular flexibility index (Phi) is 3.69. The number of hydrogen-bond donors (Lipinski definition) is 0. The van der Waals surface area contributed by atoms with Crippen molar-refractivity contribution in [3.63, 3.8) is 0 Å². The van der Waals surface area contributed by atoms with Gasteiger partial charge >= 0.3 is 0 Å². The molecule has 2 heterocycles. The van der Waals surface area contributed by atoms with Crippen LogP contribution in [0.3, 0.4) is 0 Å². The first kappa shape index (κ1) is 14.1. The van der Waals surface area contributed by atoms with Gasteiger partial charge in [-0.05, 0) is 0 Å². The molecule has 116 valence electrons. The van der Waals surface area contributed by atoms with Crippen LogP contribution < -0.4 is 0 Å². The maximum atomic E-state index is 4.41. The molecule has 0 saturated heterocycles. The summed E-state index contributed by atoms with van der Waals surface area (Å²) >= 11 is 0. The van der Waals surface area contributed by atoms with Crippen LogP contribution in [0.15, 0.2) is 73.1 Å². The van der Waals surface area contributed by atoms with Crippen molar-refractivity contribution in [2.24, 2.45) is 0 Å². The van der Waals surface area contributed by atoms with Crippen molar-refractivity contribution in [1.82, 2.24) is 30.0 Å². The van der Waals surface area contributed by atoms with Gasteiger partial charge in [0.2, 0.25) is 0 Å². The molecular formula is C18H14N6. The minimum absolute atomic E-state index is 0.818. The highest BCUT2D eigenvalue weighted by atomic mass is 15.5. The Bertz CT molecular complexity index is 874. The highest BCUT2D eigenvalue weighted by Gasteiger charge is 2.02. The normalized spacial score (nSPS) is 11.2. The highest BCUT2D eigenvalue weighted by Crippen LogP contribution is 2.15. The fourth-order valence-electron chi connectivity index (χ4n) is 2.30. The molecule has 6 heteroatoms. The molecule has 0 unspecified atom stereocenters. The maximum Gasteiger partial charge on any atom is 0.113 e. The van der Waals surface area contributed by atoms with Crippen LogP contribution in [0.4, 0.5) is 0 Å². The van der Waals surface area contributed by atoms with Crippen molar-refractivity contribution in [3.8, 4) is 22.5 Å². The Balaban J connectivity index is 1.52. The highest BCUT2D eigenvalue weighted by molar-refractivity contribution is 5.59. The predicted octanol–water partition coefficient (Wildman–Crippen LogP) is 3.29. The molecule has 0 aliphatic carbocycles. The van der Waals surface area contributed by atoms with E-state index in [-0.39, 0.29) is 0 Å². The van der Waals surface area contributed by atoms with Gasteiger partial charge in [-0.3, -0.25) is 0 Å². The van der Waals surface area contributed by atoms with Crippen molar-refractivity contribution >= 4 is 12.4 Å². The molecule has 0 radical (unpaired) electrons. The summed E-state index contributed by atoms with van der Waals surface area (Å²) in [5, 5.41) is 17.3. The first-order valence-electron chi connectivity index (χ1n) is 7.51. The van der Waals surface area contributed by atoms with E-state index in [1.165, 1.54) is 9.59 Å². The van der Waals surface area contributed by atoms with Gasteiger partial charge < -0.3 is 0 Å². The first-order chi connectivity index (χ1) is 11.9. The van der Waals surface area contributed by atoms with Crippen LogP contribution in [-0.2, 0) is 0 Å². The van der Waals surface area contributed by atoms with Gasteiger partial charge in [0.1, 0.15) is 11.4 Å². The summed E-state index contributed by atoms with van der Waals surface area (Å²) in [5.41, 5.74) is 3.69. The summed E-state index contributed by atoms with van der Waals surface area (Å²) in [5.74, 6) is 0. The summed E-state index contributed by atoms with van der Waals surface area (Å²) in [4.78, 5) is 2.99. The fraction of sp³-hybridized carbons (Fsp3) is 0. The molecule has 0 saturated carbocycles. The number of rotatable bonds is 4. The summed E-state index contributed by atoms with van der Waals surface area (Å²) in [6.07, 6.45) is 6.87. The number of hydrogen-bond acceptors (Lipinski definition) is 4. The SMILES string of the molecule is C(=Cn1ncc(-c2ccccc2)n1)n1ncc(-c2ccccc2)n1. The molecule has 0 bridgehead atoms.